The molecule has 0 aromatic heterocycles. The zero-order chi connectivity index (χ0) is 18.7. The molecule has 2 heterocycles. The van der Waals surface area contributed by atoms with Crippen molar-refractivity contribution in [1.82, 2.24) is 4.90 Å². The van der Waals surface area contributed by atoms with Gasteiger partial charge in [-0.05, 0) is 62.2 Å². The molecular formula is C23H33NO3. The number of aliphatic hydroxyl groups is 1. The first-order valence-corrected chi connectivity index (χ1v) is 11.2. The summed E-state index contributed by atoms with van der Waals surface area (Å²) in [4.78, 5) is 15.6. The Labute approximate surface area is 162 Å². The topological polar surface area (TPSA) is 49.8 Å². The molecule has 0 aromatic rings. The second-order valence-corrected chi connectivity index (χ2v) is 10.8. The molecule has 6 rings (SSSR count). The second kappa shape index (κ2) is 5.18. The van der Waals surface area contributed by atoms with Crippen LogP contribution < -0.4 is 0 Å². The molecule has 1 spiro atoms. The van der Waals surface area contributed by atoms with E-state index in [0.717, 1.165) is 25.8 Å². The molecule has 2 aliphatic heterocycles. The molecule has 1 N–H and O–H groups in total. The lowest BCUT2D eigenvalue weighted by molar-refractivity contribution is -0.200. The number of nitrogens with zero attached hydrogens (tertiary/aromatic N) is 1. The summed E-state index contributed by atoms with van der Waals surface area (Å²) in [6.07, 6.45) is 6.32. The SMILES string of the molecule is COC(=O)[C@@H]1C[C@@]23C4=C(CC[C@@H]5CN6C[C@@H](C)[C@@H](C[C@@H](O)[C@@]52C)[C@@H]63)CC[C@@H]41. The van der Waals surface area contributed by atoms with E-state index in [1.54, 1.807) is 18.3 Å². The molecule has 0 radical (unpaired) electrons. The maximum absolute atomic E-state index is 12.8. The van der Waals surface area contributed by atoms with Gasteiger partial charge in [0.1, 0.15) is 0 Å². The van der Waals surface area contributed by atoms with Gasteiger partial charge in [-0.3, -0.25) is 9.69 Å². The van der Waals surface area contributed by atoms with E-state index in [4.69, 9.17) is 4.74 Å². The van der Waals surface area contributed by atoms with Crippen molar-refractivity contribution in [2.45, 2.75) is 64.5 Å². The van der Waals surface area contributed by atoms with Gasteiger partial charge in [-0.25, -0.2) is 0 Å². The van der Waals surface area contributed by atoms with Crippen molar-refractivity contribution in [3.05, 3.63) is 11.1 Å². The Morgan fingerprint density at radius 1 is 1.26 bits per heavy atom. The van der Waals surface area contributed by atoms with E-state index < -0.39 is 0 Å². The molecule has 4 heteroatoms. The predicted molar refractivity (Wildman–Crippen MR) is 102 cm³/mol. The van der Waals surface area contributed by atoms with Crippen molar-refractivity contribution in [2.24, 2.45) is 40.4 Å². The summed E-state index contributed by atoms with van der Waals surface area (Å²) < 4.78 is 5.29. The number of hydrogen-bond donors (Lipinski definition) is 1. The van der Waals surface area contributed by atoms with Crippen molar-refractivity contribution in [3.8, 4) is 0 Å². The summed E-state index contributed by atoms with van der Waals surface area (Å²) in [5.41, 5.74) is 3.20. The Kier molecular flexibility index (Phi) is 3.27. The minimum absolute atomic E-state index is 0.00220. The number of esters is 1. The van der Waals surface area contributed by atoms with Crippen LogP contribution in [0, 0.1) is 40.4 Å². The number of allylic oxidation sites excluding steroid dienone is 1. The lowest BCUT2D eigenvalue weighted by Gasteiger charge is -2.67. The third kappa shape index (κ3) is 1.69. The van der Waals surface area contributed by atoms with Crippen LogP contribution in [0.3, 0.4) is 0 Å². The Balaban J connectivity index is 1.62. The normalized spacial score (nSPS) is 55.5. The number of hydrogen-bond acceptors (Lipinski definition) is 4. The van der Waals surface area contributed by atoms with Crippen molar-refractivity contribution >= 4 is 5.97 Å². The maximum Gasteiger partial charge on any atom is 0.309 e. The minimum atomic E-state index is -0.240. The molecule has 9 atom stereocenters. The Morgan fingerprint density at radius 3 is 2.81 bits per heavy atom. The number of ether oxygens (including phenoxy) is 1. The van der Waals surface area contributed by atoms with Gasteiger partial charge in [-0.2, -0.15) is 0 Å². The lowest BCUT2D eigenvalue weighted by atomic mass is 9.43. The third-order valence-corrected chi connectivity index (χ3v) is 10.3. The average molecular weight is 372 g/mol. The highest BCUT2D eigenvalue weighted by molar-refractivity contribution is 5.75. The summed E-state index contributed by atoms with van der Waals surface area (Å²) in [5.74, 6) is 2.11. The number of piperidine rings is 1. The van der Waals surface area contributed by atoms with Crippen LogP contribution in [-0.2, 0) is 9.53 Å². The van der Waals surface area contributed by atoms with Crippen LogP contribution in [0.25, 0.3) is 0 Å². The first-order valence-electron chi connectivity index (χ1n) is 11.2. The highest BCUT2D eigenvalue weighted by atomic mass is 16.5. The van der Waals surface area contributed by atoms with Crippen molar-refractivity contribution in [2.75, 3.05) is 20.2 Å². The van der Waals surface area contributed by atoms with Gasteiger partial charge in [-0.1, -0.05) is 25.0 Å². The van der Waals surface area contributed by atoms with Crippen LogP contribution in [-0.4, -0.2) is 48.3 Å². The number of aliphatic hydroxyl groups excluding tert-OH is 1. The fourth-order valence-corrected chi connectivity index (χ4v) is 9.36. The van der Waals surface area contributed by atoms with Crippen molar-refractivity contribution in [1.29, 1.82) is 0 Å². The second-order valence-electron chi connectivity index (χ2n) is 10.8. The molecule has 4 nitrogen and oxygen atoms in total. The summed E-state index contributed by atoms with van der Waals surface area (Å²) in [7, 11) is 1.55. The van der Waals surface area contributed by atoms with E-state index in [1.165, 1.54) is 25.8 Å². The quantitative estimate of drug-likeness (QED) is 0.569. The van der Waals surface area contributed by atoms with Crippen LogP contribution >= 0.6 is 0 Å². The van der Waals surface area contributed by atoms with E-state index in [-0.39, 0.29) is 28.8 Å². The van der Waals surface area contributed by atoms with Crippen molar-refractivity contribution in [3.63, 3.8) is 0 Å². The zero-order valence-corrected chi connectivity index (χ0v) is 16.9. The first kappa shape index (κ1) is 17.0. The summed E-state index contributed by atoms with van der Waals surface area (Å²) in [5, 5.41) is 11.6. The summed E-state index contributed by atoms with van der Waals surface area (Å²) >= 11 is 0. The van der Waals surface area contributed by atoms with Crippen LogP contribution in [0.4, 0.5) is 0 Å². The smallest absolute Gasteiger partial charge is 0.309 e. The van der Waals surface area contributed by atoms with Crippen LogP contribution in [0.5, 0.6) is 0 Å². The van der Waals surface area contributed by atoms with Gasteiger partial charge in [0.15, 0.2) is 0 Å². The first-order chi connectivity index (χ1) is 12.9. The van der Waals surface area contributed by atoms with Gasteiger partial charge >= 0.3 is 5.97 Å². The molecule has 0 unspecified atom stereocenters. The molecule has 2 saturated carbocycles. The Bertz CT molecular complexity index is 746. The van der Waals surface area contributed by atoms with Gasteiger partial charge in [0.05, 0.1) is 19.1 Å². The van der Waals surface area contributed by atoms with Gasteiger partial charge in [-0.15, -0.1) is 0 Å². The molecular weight excluding hydrogens is 338 g/mol. The largest absolute Gasteiger partial charge is 0.469 e. The van der Waals surface area contributed by atoms with Gasteiger partial charge < -0.3 is 9.84 Å². The number of rotatable bonds is 1. The highest BCUT2D eigenvalue weighted by Crippen LogP contribution is 2.76. The van der Waals surface area contributed by atoms with E-state index in [2.05, 4.69) is 18.7 Å². The standard InChI is InChI=1S/C23H33NO3/c1-12-10-24-11-14-6-4-13-5-7-15-17(21(26)27-3)9-23(19(13)15)20(24)16(12)8-18(25)22(14,23)2/h12,14-18,20,25H,4-11H2,1-3H3/t12-,14-,15-,16-,17-,18-,20-,22-,23+/m1/s1. The number of methoxy groups -OCH3 is 1. The molecule has 2 saturated heterocycles. The van der Waals surface area contributed by atoms with Crippen LogP contribution in [0.15, 0.2) is 11.1 Å². The summed E-state index contributed by atoms with van der Waals surface area (Å²) in [6.45, 7) is 7.12. The van der Waals surface area contributed by atoms with Gasteiger partial charge in [0.2, 0.25) is 0 Å². The monoisotopic (exact) mass is 371 g/mol. The van der Waals surface area contributed by atoms with Crippen molar-refractivity contribution < 1.29 is 14.6 Å². The molecule has 148 valence electrons. The average Bonchev–Trinajstić information content (AvgIpc) is 3.28. The predicted octanol–water partition coefficient (Wildman–Crippen LogP) is 3.00. The van der Waals surface area contributed by atoms with E-state index >= 15 is 0 Å². The molecule has 0 amide bonds. The van der Waals surface area contributed by atoms with Gasteiger partial charge in [0.25, 0.3) is 0 Å². The molecule has 4 aliphatic carbocycles. The Morgan fingerprint density at radius 2 is 2.04 bits per heavy atom. The highest BCUT2D eigenvalue weighted by Gasteiger charge is 2.76. The maximum atomic E-state index is 12.8. The molecule has 4 bridgehead atoms. The molecule has 27 heavy (non-hydrogen) atoms. The summed E-state index contributed by atoms with van der Waals surface area (Å²) in [6, 6.07) is 0.524. The van der Waals surface area contributed by atoms with Gasteiger partial charge in [0, 0.05) is 30.0 Å². The molecule has 4 fully saturated rings. The third-order valence-electron chi connectivity index (χ3n) is 10.3. The Hall–Kier alpha value is -0.870. The van der Waals surface area contributed by atoms with Crippen LogP contribution in [0.2, 0.25) is 0 Å². The number of carbonyl (C=O) groups is 1. The molecule has 0 aromatic carbocycles. The van der Waals surface area contributed by atoms with E-state index in [0.29, 0.717) is 29.7 Å². The van der Waals surface area contributed by atoms with Crippen LogP contribution in [0.1, 0.15) is 52.4 Å². The minimum Gasteiger partial charge on any atom is -0.469 e. The van der Waals surface area contributed by atoms with E-state index in [1.807, 2.05) is 0 Å². The lowest BCUT2D eigenvalue weighted by Crippen LogP contribution is -2.70. The van der Waals surface area contributed by atoms with E-state index in [9.17, 15) is 9.90 Å². The fraction of sp³-hybridized carbons (Fsp3) is 0.870. The fourth-order valence-electron chi connectivity index (χ4n) is 9.36. The molecule has 6 aliphatic rings. The number of carbonyl (C=O) groups excluding carboxylic acids is 1. The zero-order valence-electron chi connectivity index (χ0n) is 16.9.